The Balaban J connectivity index is 1.77. The van der Waals surface area contributed by atoms with E-state index in [1.54, 1.807) is 0 Å². The van der Waals surface area contributed by atoms with Crippen LogP contribution in [0, 0.1) is 5.41 Å². The van der Waals surface area contributed by atoms with Crippen LogP contribution in [0.15, 0.2) is 28.7 Å². The van der Waals surface area contributed by atoms with E-state index in [0.717, 1.165) is 11.0 Å². The molecule has 21 heavy (non-hydrogen) atoms. The molecule has 0 amide bonds. The third-order valence-electron chi connectivity index (χ3n) is 5.29. The van der Waals surface area contributed by atoms with Gasteiger partial charge >= 0.3 is 0 Å². The fourth-order valence-corrected chi connectivity index (χ4v) is 3.82. The van der Waals surface area contributed by atoms with Crippen LogP contribution in [0.5, 0.6) is 0 Å². The predicted molar refractivity (Wildman–Crippen MR) is 90.4 cm³/mol. The fourth-order valence-electron chi connectivity index (χ4n) is 3.55. The number of hydrogen-bond donors (Lipinski definition) is 1. The van der Waals surface area contributed by atoms with Crippen molar-refractivity contribution in [2.75, 3.05) is 6.54 Å². The van der Waals surface area contributed by atoms with Gasteiger partial charge in [-0.25, -0.2) is 0 Å². The molecule has 1 N–H and O–H groups in total. The molecule has 2 atom stereocenters. The van der Waals surface area contributed by atoms with Crippen LogP contribution in [-0.2, 0) is 4.74 Å². The second kappa shape index (κ2) is 5.68. The van der Waals surface area contributed by atoms with Crippen molar-refractivity contribution in [3.05, 3.63) is 34.3 Å². The van der Waals surface area contributed by atoms with Gasteiger partial charge in [0.15, 0.2) is 0 Å². The van der Waals surface area contributed by atoms with Crippen molar-refractivity contribution in [1.29, 1.82) is 0 Å². The average Bonchev–Trinajstić information content (AvgIpc) is 2.46. The van der Waals surface area contributed by atoms with Crippen molar-refractivity contribution < 1.29 is 4.74 Å². The molecule has 1 saturated carbocycles. The van der Waals surface area contributed by atoms with E-state index in [9.17, 15) is 0 Å². The van der Waals surface area contributed by atoms with Gasteiger partial charge in [0.1, 0.15) is 0 Å². The van der Waals surface area contributed by atoms with Gasteiger partial charge in [-0.3, -0.25) is 0 Å². The molecule has 2 unspecified atom stereocenters. The van der Waals surface area contributed by atoms with Crippen molar-refractivity contribution in [3.8, 4) is 0 Å². The van der Waals surface area contributed by atoms with E-state index in [-0.39, 0.29) is 11.7 Å². The first-order chi connectivity index (χ1) is 9.89. The highest BCUT2D eigenvalue weighted by atomic mass is 79.9. The smallest absolute Gasteiger partial charge is 0.0983 e. The van der Waals surface area contributed by atoms with Gasteiger partial charge in [0.05, 0.1) is 11.7 Å². The van der Waals surface area contributed by atoms with E-state index in [0.29, 0.717) is 11.5 Å². The summed E-state index contributed by atoms with van der Waals surface area (Å²) in [7, 11) is 0. The Hall–Kier alpha value is -0.380. The molecular weight excluding hydrogens is 326 g/mol. The van der Waals surface area contributed by atoms with Crippen molar-refractivity contribution in [1.82, 2.24) is 5.32 Å². The molecule has 2 fully saturated rings. The van der Waals surface area contributed by atoms with Gasteiger partial charge in [-0.1, -0.05) is 41.9 Å². The van der Waals surface area contributed by atoms with E-state index >= 15 is 0 Å². The minimum atomic E-state index is 0.0414. The van der Waals surface area contributed by atoms with Crippen LogP contribution >= 0.6 is 15.9 Å². The van der Waals surface area contributed by atoms with Gasteiger partial charge in [0.25, 0.3) is 0 Å². The molecule has 1 saturated heterocycles. The Morgan fingerprint density at radius 3 is 2.33 bits per heavy atom. The molecule has 3 rings (SSSR count). The van der Waals surface area contributed by atoms with Crippen molar-refractivity contribution in [3.63, 3.8) is 0 Å². The van der Waals surface area contributed by atoms with Gasteiger partial charge in [0, 0.05) is 17.1 Å². The molecule has 1 heterocycles. The molecule has 0 radical (unpaired) electrons. The normalized spacial score (nSPS) is 31.2. The highest BCUT2D eigenvalue weighted by molar-refractivity contribution is 9.10. The predicted octanol–water partition coefficient (Wildman–Crippen LogP) is 4.84. The summed E-state index contributed by atoms with van der Waals surface area (Å²) in [5.41, 5.74) is 1.80. The lowest BCUT2D eigenvalue weighted by Crippen LogP contribution is -2.56. The van der Waals surface area contributed by atoms with Crippen molar-refractivity contribution in [2.24, 2.45) is 5.41 Å². The first-order valence-electron chi connectivity index (χ1n) is 8.06. The lowest BCUT2D eigenvalue weighted by atomic mass is 9.70. The first kappa shape index (κ1) is 15.5. The Labute approximate surface area is 136 Å². The highest BCUT2D eigenvalue weighted by Gasteiger charge is 2.44. The van der Waals surface area contributed by atoms with Crippen molar-refractivity contribution >= 4 is 15.9 Å². The van der Waals surface area contributed by atoms with Crippen LogP contribution in [0.2, 0.25) is 0 Å². The summed E-state index contributed by atoms with van der Waals surface area (Å²) in [4.78, 5) is 0. The lowest BCUT2D eigenvalue weighted by Gasteiger charge is -2.50. The second-order valence-electron chi connectivity index (χ2n) is 7.61. The summed E-state index contributed by atoms with van der Waals surface area (Å²) in [6, 6.07) is 8.94. The molecular formula is C18H26BrNO. The monoisotopic (exact) mass is 351 g/mol. The molecule has 1 spiro atoms. The summed E-state index contributed by atoms with van der Waals surface area (Å²) >= 11 is 3.51. The van der Waals surface area contributed by atoms with Gasteiger partial charge in [-0.2, -0.15) is 0 Å². The summed E-state index contributed by atoms with van der Waals surface area (Å²) in [5.74, 6) is 0. The molecule has 116 valence electrons. The van der Waals surface area contributed by atoms with E-state index in [2.05, 4.69) is 66.3 Å². The standard InChI is InChI=1S/C18H26BrNO/c1-13-16(14-4-6-15(19)7-5-14)21-18(12-20-13)10-8-17(2,3)9-11-18/h4-7,13,16,20H,8-12H2,1-3H3. The van der Waals surface area contributed by atoms with Crippen LogP contribution in [0.25, 0.3) is 0 Å². The largest absolute Gasteiger partial charge is 0.364 e. The van der Waals surface area contributed by atoms with Crippen LogP contribution in [-0.4, -0.2) is 18.2 Å². The third-order valence-corrected chi connectivity index (χ3v) is 5.82. The molecule has 2 aliphatic rings. The number of ether oxygens (including phenoxy) is 1. The van der Waals surface area contributed by atoms with Crippen LogP contribution in [0.3, 0.4) is 0 Å². The van der Waals surface area contributed by atoms with Gasteiger partial charge in [-0.05, 0) is 55.7 Å². The first-order valence-corrected chi connectivity index (χ1v) is 8.85. The summed E-state index contributed by atoms with van der Waals surface area (Å²) in [6.45, 7) is 7.99. The van der Waals surface area contributed by atoms with Crippen LogP contribution in [0.4, 0.5) is 0 Å². The SMILES string of the molecule is CC1NCC2(CCC(C)(C)CC2)OC1c1ccc(Br)cc1. The van der Waals surface area contributed by atoms with Gasteiger partial charge < -0.3 is 10.1 Å². The third kappa shape index (κ3) is 3.35. The number of morpholine rings is 1. The maximum Gasteiger partial charge on any atom is 0.0983 e. The number of nitrogens with one attached hydrogen (secondary N) is 1. The highest BCUT2D eigenvalue weighted by Crippen LogP contribution is 2.45. The number of rotatable bonds is 1. The molecule has 1 aromatic carbocycles. The van der Waals surface area contributed by atoms with E-state index in [1.165, 1.54) is 31.2 Å². The Bertz CT molecular complexity index is 486. The number of benzene rings is 1. The quantitative estimate of drug-likeness (QED) is 0.781. The second-order valence-corrected chi connectivity index (χ2v) is 8.52. The Morgan fingerprint density at radius 1 is 1.10 bits per heavy atom. The maximum absolute atomic E-state index is 6.67. The molecule has 1 aliphatic carbocycles. The van der Waals surface area contributed by atoms with Gasteiger partial charge in [0.2, 0.25) is 0 Å². The summed E-state index contributed by atoms with van der Waals surface area (Å²) in [5, 5.41) is 3.70. The number of halogens is 1. The van der Waals surface area contributed by atoms with Crippen LogP contribution < -0.4 is 5.32 Å². The topological polar surface area (TPSA) is 21.3 Å². The Kier molecular flexibility index (Phi) is 4.19. The van der Waals surface area contributed by atoms with E-state index in [1.807, 2.05) is 0 Å². The average molecular weight is 352 g/mol. The van der Waals surface area contributed by atoms with Gasteiger partial charge in [-0.15, -0.1) is 0 Å². The fraction of sp³-hybridized carbons (Fsp3) is 0.667. The zero-order valence-corrected chi connectivity index (χ0v) is 14.9. The van der Waals surface area contributed by atoms with Crippen LogP contribution in [0.1, 0.15) is 58.1 Å². The summed E-state index contributed by atoms with van der Waals surface area (Å²) in [6.07, 6.45) is 5.03. The molecule has 0 aromatic heterocycles. The zero-order chi connectivity index (χ0) is 15.1. The summed E-state index contributed by atoms with van der Waals surface area (Å²) < 4.78 is 7.79. The van der Waals surface area contributed by atoms with Crippen molar-refractivity contribution in [2.45, 2.75) is 64.2 Å². The molecule has 0 bridgehead atoms. The maximum atomic E-state index is 6.67. The minimum absolute atomic E-state index is 0.0414. The zero-order valence-electron chi connectivity index (χ0n) is 13.3. The molecule has 3 heteroatoms. The molecule has 1 aromatic rings. The molecule has 1 aliphatic heterocycles. The molecule has 2 nitrogen and oxygen atoms in total. The minimum Gasteiger partial charge on any atom is -0.364 e. The van der Waals surface area contributed by atoms with E-state index in [4.69, 9.17) is 4.74 Å². The Morgan fingerprint density at radius 2 is 1.71 bits per heavy atom. The number of hydrogen-bond acceptors (Lipinski definition) is 2. The van der Waals surface area contributed by atoms with E-state index < -0.39 is 0 Å². The lowest BCUT2D eigenvalue weighted by molar-refractivity contribution is -0.161.